The van der Waals surface area contributed by atoms with Crippen LogP contribution in [0.5, 0.6) is 0 Å². The van der Waals surface area contributed by atoms with E-state index in [4.69, 9.17) is 5.73 Å². The number of ether oxygens (including phenoxy) is 1. The number of hydrogen-bond donors (Lipinski definition) is 1. The molecule has 0 bridgehead atoms. The third-order valence-corrected chi connectivity index (χ3v) is 3.84. The fourth-order valence-corrected chi connectivity index (χ4v) is 2.87. The summed E-state index contributed by atoms with van der Waals surface area (Å²) in [5.74, 6) is 1.23. The van der Waals surface area contributed by atoms with Gasteiger partial charge in [-0.15, -0.1) is 0 Å². The smallest absolute Gasteiger partial charge is 0.307 e. The molecule has 0 saturated heterocycles. The highest BCUT2D eigenvalue weighted by Gasteiger charge is 2.51. The zero-order chi connectivity index (χ0) is 9.47. The highest BCUT2D eigenvalue weighted by Crippen LogP contribution is 2.52. The zero-order valence-electron chi connectivity index (χ0n) is 8.08. The molecule has 1 unspecified atom stereocenters. The van der Waals surface area contributed by atoms with Crippen LogP contribution in [0, 0.1) is 11.8 Å². The lowest BCUT2D eigenvalue weighted by atomic mass is 9.68. The number of nitrogens with two attached hydrogens (primary N) is 1. The van der Waals surface area contributed by atoms with Gasteiger partial charge in [0.25, 0.3) is 0 Å². The lowest BCUT2D eigenvalue weighted by Crippen LogP contribution is -2.49. The van der Waals surface area contributed by atoms with Crippen molar-refractivity contribution in [3.63, 3.8) is 0 Å². The second-order valence-electron chi connectivity index (χ2n) is 4.47. The number of fused-ring (bicyclic) bond motifs is 1. The number of esters is 1. The lowest BCUT2D eigenvalue weighted by Gasteiger charge is -2.40. The Hall–Kier alpha value is -0.570. The molecule has 0 amide bonds. The largest absolute Gasteiger partial charge is 0.469 e. The monoisotopic (exact) mass is 183 g/mol. The van der Waals surface area contributed by atoms with E-state index in [0.29, 0.717) is 12.3 Å². The van der Waals surface area contributed by atoms with Crippen LogP contribution in [0.15, 0.2) is 0 Å². The molecule has 0 aromatic heterocycles. The number of methoxy groups -OCH3 is 1. The van der Waals surface area contributed by atoms with Gasteiger partial charge in [-0.05, 0) is 37.5 Å². The number of hydrogen-bond acceptors (Lipinski definition) is 3. The van der Waals surface area contributed by atoms with Crippen LogP contribution in [0.25, 0.3) is 0 Å². The summed E-state index contributed by atoms with van der Waals surface area (Å²) in [4.78, 5) is 11.1. The normalized spacial score (nSPS) is 42.3. The molecule has 0 aromatic rings. The van der Waals surface area contributed by atoms with E-state index in [1.807, 2.05) is 0 Å². The molecule has 2 fully saturated rings. The zero-order valence-corrected chi connectivity index (χ0v) is 8.08. The topological polar surface area (TPSA) is 52.3 Å². The van der Waals surface area contributed by atoms with Crippen molar-refractivity contribution in [1.82, 2.24) is 0 Å². The summed E-state index contributed by atoms with van der Waals surface area (Å²) in [6.45, 7) is 0. The van der Waals surface area contributed by atoms with Gasteiger partial charge in [0.1, 0.15) is 0 Å². The third-order valence-electron chi connectivity index (χ3n) is 3.84. The van der Waals surface area contributed by atoms with Gasteiger partial charge in [-0.1, -0.05) is 0 Å². The molecule has 0 heterocycles. The Morgan fingerprint density at radius 1 is 1.54 bits per heavy atom. The Bertz CT molecular complexity index is 229. The third kappa shape index (κ3) is 1.35. The molecule has 0 spiro atoms. The van der Waals surface area contributed by atoms with Crippen LogP contribution in [-0.4, -0.2) is 18.6 Å². The first-order valence-corrected chi connectivity index (χ1v) is 5.01. The SMILES string of the molecule is COC(=O)CC1(N)CC[C@@H]2CC[C@@H]21. The van der Waals surface area contributed by atoms with E-state index in [9.17, 15) is 4.79 Å². The molecular weight excluding hydrogens is 166 g/mol. The van der Waals surface area contributed by atoms with Gasteiger partial charge >= 0.3 is 5.97 Å². The van der Waals surface area contributed by atoms with Gasteiger partial charge in [0, 0.05) is 5.54 Å². The second kappa shape index (κ2) is 2.98. The molecule has 0 aliphatic heterocycles. The average molecular weight is 183 g/mol. The summed E-state index contributed by atoms with van der Waals surface area (Å²) < 4.78 is 4.67. The summed E-state index contributed by atoms with van der Waals surface area (Å²) in [6.07, 6.45) is 5.13. The average Bonchev–Trinajstić information content (AvgIpc) is 2.21. The molecule has 3 atom stereocenters. The van der Waals surface area contributed by atoms with Gasteiger partial charge in [0.05, 0.1) is 13.5 Å². The molecule has 2 aliphatic rings. The minimum atomic E-state index is -0.240. The predicted molar refractivity (Wildman–Crippen MR) is 49.0 cm³/mol. The Morgan fingerprint density at radius 3 is 2.77 bits per heavy atom. The minimum Gasteiger partial charge on any atom is -0.469 e. The maximum atomic E-state index is 11.1. The van der Waals surface area contributed by atoms with Crippen LogP contribution < -0.4 is 5.73 Å². The van der Waals surface area contributed by atoms with Crippen LogP contribution >= 0.6 is 0 Å². The molecule has 0 aromatic carbocycles. The van der Waals surface area contributed by atoms with Crippen LogP contribution in [0.4, 0.5) is 0 Å². The summed E-state index contributed by atoms with van der Waals surface area (Å²) in [5, 5.41) is 0. The van der Waals surface area contributed by atoms with Crippen molar-refractivity contribution >= 4 is 5.97 Å². The van der Waals surface area contributed by atoms with Crippen LogP contribution in [0.3, 0.4) is 0 Å². The molecule has 2 saturated carbocycles. The molecule has 13 heavy (non-hydrogen) atoms. The molecule has 0 radical (unpaired) electrons. The van der Waals surface area contributed by atoms with E-state index in [2.05, 4.69) is 4.74 Å². The van der Waals surface area contributed by atoms with Crippen LogP contribution in [0.2, 0.25) is 0 Å². The Balaban J connectivity index is 2.00. The lowest BCUT2D eigenvalue weighted by molar-refractivity contribution is -0.142. The second-order valence-corrected chi connectivity index (χ2v) is 4.47. The Kier molecular flexibility index (Phi) is 2.06. The van der Waals surface area contributed by atoms with E-state index in [-0.39, 0.29) is 11.5 Å². The number of carbonyl (C=O) groups is 1. The number of carbonyl (C=O) groups excluding carboxylic acids is 1. The summed E-state index contributed by atoms with van der Waals surface area (Å²) in [6, 6.07) is 0. The van der Waals surface area contributed by atoms with E-state index in [1.165, 1.54) is 26.4 Å². The molecule has 2 N–H and O–H groups in total. The van der Waals surface area contributed by atoms with Crippen molar-refractivity contribution < 1.29 is 9.53 Å². The van der Waals surface area contributed by atoms with E-state index in [0.717, 1.165) is 12.3 Å². The Labute approximate surface area is 78.6 Å². The molecule has 2 rings (SSSR count). The molecule has 2 aliphatic carbocycles. The van der Waals surface area contributed by atoms with Crippen molar-refractivity contribution in [3.05, 3.63) is 0 Å². The van der Waals surface area contributed by atoms with Gasteiger partial charge < -0.3 is 10.5 Å². The van der Waals surface area contributed by atoms with Crippen molar-refractivity contribution in [1.29, 1.82) is 0 Å². The van der Waals surface area contributed by atoms with Gasteiger partial charge in [0.2, 0.25) is 0 Å². The van der Waals surface area contributed by atoms with Gasteiger partial charge in [0.15, 0.2) is 0 Å². The van der Waals surface area contributed by atoms with Crippen LogP contribution in [-0.2, 0) is 9.53 Å². The van der Waals surface area contributed by atoms with Crippen LogP contribution in [0.1, 0.15) is 32.1 Å². The quantitative estimate of drug-likeness (QED) is 0.651. The standard InChI is InChI=1S/C10H17NO2/c1-13-9(12)6-10(11)5-4-7-2-3-8(7)10/h7-8H,2-6,11H2,1H3/t7-,8-,10?/m0/s1. The minimum absolute atomic E-state index is 0.157. The van der Waals surface area contributed by atoms with E-state index < -0.39 is 0 Å². The molecular formula is C10H17NO2. The van der Waals surface area contributed by atoms with Gasteiger partial charge in [-0.2, -0.15) is 0 Å². The summed E-state index contributed by atoms with van der Waals surface area (Å²) in [7, 11) is 1.43. The highest BCUT2D eigenvalue weighted by atomic mass is 16.5. The molecule has 74 valence electrons. The molecule has 3 nitrogen and oxygen atoms in total. The van der Waals surface area contributed by atoms with E-state index >= 15 is 0 Å². The van der Waals surface area contributed by atoms with Gasteiger partial charge in [-0.3, -0.25) is 4.79 Å². The first-order chi connectivity index (χ1) is 6.15. The maximum Gasteiger partial charge on any atom is 0.307 e. The first-order valence-electron chi connectivity index (χ1n) is 5.01. The van der Waals surface area contributed by atoms with Gasteiger partial charge in [-0.25, -0.2) is 0 Å². The van der Waals surface area contributed by atoms with Crippen molar-refractivity contribution in [2.75, 3.05) is 7.11 Å². The fraction of sp³-hybridized carbons (Fsp3) is 0.900. The Morgan fingerprint density at radius 2 is 2.31 bits per heavy atom. The molecule has 3 heteroatoms. The maximum absolute atomic E-state index is 11.1. The van der Waals surface area contributed by atoms with Crippen molar-refractivity contribution in [3.8, 4) is 0 Å². The van der Waals surface area contributed by atoms with E-state index in [1.54, 1.807) is 0 Å². The summed E-state index contributed by atoms with van der Waals surface area (Å²) in [5.41, 5.74) is 5.98. The fourth-order valence-electron chi connectivity index (χ4n) is 2.87. The number of rotatable bonds is 2. The van der Waals surface area contributed by atoms with Crippen molar-refractivity contribution in [2.45, 2.75) is 37.6 Å². The predicted octanol–water partition coefficient (Wildman–Crippen LogP) is 1.07. The first kappa shape index (κ1) is 9.00. The van der Waals surface area contributed by atoms with Crippen molar-refractivity contribution in [2.24, 2.45) is 17.6 Å². The summed E-state index contributed by atoms with van der Waals surface area (Å²) >= 11 is 0. The highest BCUT2D eigenvalue weighted by molar-refractivity contribution is 5.71.